The second kappa shape index (κ2) is 4.66. The Morgan fingerprint density at radius 2 is 2.26 bits per heavy atom. The average Bonchev–Trinajstić information content (AvgIpc) is 2.38. The van der Waals surface area contributed by atoms with Gasteiger partial charge in [-0.1, -0.05) is 0 Å². The predicted octanol–water partition coefficient (Wildman–Crippen LogP) is 0.801. The van der Waals surface area contributed by atoms with Crippen molar-refractivity contribution in [3.05, 3.63) is 40.4 Å². The Morgan fingerprint density at radius 1 is 1.42 bits per heavy atom. The molecule has 1 atom stereocenters. The molecule has 5 heteroatoms. The third-order valence-corrected chi connectivity index (χ3v) is 3.51. The summed E-state index contributed by atoms with van der Waals surface area (Å²) in [6.45, 7) is 6.90. The van der Waals surface area contributed by atoms with E-state index in [0.29, 0.717) is 11.7 Å². The third-order valence-electron chi connectivity index (χ3n) is 3.51. The van der Waals surface area contributed by atoms with Crippen LogP contribution in [0.15, 0.2) is 29.2 Å². The van der Waals surface area contributed by atoms with Crippen molar-refractivity contribution in [1.29, 1.82) is 0 Å². The second-order valence-electron chi connectivity index (χ2n) is 5.15. The molecular formula is C14H18N4O. The molecule has 0 unspecified atom stereocenters. The van der Waals surface area contributed by atoms with Crippen molar-refractivity contribution < 1.29 is 0 Å². The molecular weight excluding hydrogens is 240 g/mol. The maximum absolute atomic E-state index is 12.0. The van der Waals surface area contributed by atoms with Gasteiger partial charge in [0.05, 0.1) is 5.69 Å². The van der Waals surface area contributed by atoms with Crippen LogP contribution in [0.5, 0.6) is 0 Å². The molecule has 1 saturated heterocycles. The number of rotatable bonds is 1. The second-order valence-corrected chi connectivity index (χ2v) is 5.15. The van der Waals surface area contributed by atoms with Gasteiger partial charge < -0.3 is 10.2 Å². The van der Waals surface area contributed by atoms with E-state index in [1.807, 2.05) is 25.3 Å². The molecule has 19 heavy (non-hydrogen) atoms. The van der Waals surface area contributed by atoms with Crippen LogP contribution in [0.4, 0.5) is 5.69 Å². The topological polar surface area (TPSA) is 49.6 Å². The summed E-state index contributed by atoms with van der Waals surface area (Å²) in [6.07, 6.45) is 1.89. The molecule has 0 amide bonds. The van der Waals surface area contributed by atoms with Gasteiger partial charge in [0, 0.05) is 43.6 Å². The minimum atomic E-state index is -0.0208. The fraction of sp³-hybridized carbons (Fsp3) is 0.429. The molecule has 0 bridgehead atoms. The van der Waals surface area contributed by atoms with Crippen molar-refractivity contribution in [3.63, 3.8) is 0 Å². The van der Waals surface area contributed by atoms with Crippen LogP contribution in [0.25, 0.3) is 5.65 Å². The first kappa shape index (κ1) is 12.2. The van der Waals surface area contributed by atoms with Crippen molar-refractivity contribution in [3.8, 4) is 0 Å². The molecule has 3 rings (SSSR count). The van der Waals surface area contributed by atoms with Gasteiger partial charge in [-0.05, 0) is 26.0 Å². The minimum absolute atomic E-state index is 0.0208. The molecule has 0 aliphatic carbocycles. The summed E-state index contributed by atoms with van der Waals surface area (Å²) < 4.78 is 1.62. The molecule has 100 valence electrons. The first-order chi connectivity index (χ1) is 9.13. The summed E-state index contributed by atoms with van der Waals surface area (Å²) >= 11 is 0. The summed E-state index contributed by atoms with van der Waals surface area (Å²) in [5, 5.41) is 3.42. The van der Waals surface area contributed by atoms with Crippen molar-refractivity contribution >= 4 is 11.3 Å². The zero-order valence-electron chi connectivity index (χ0n) is 11.3. The van der Waals surface area contributed by atoms with Crippen molar-refractivity contribution in [2.45, 2.75) is 19.9 Å². The quantitative estimate of drug-likeness (QED) is 0.822. The number of fused-ring (bicyclic) bond motifs is 1. The fourth-order valence-corrected chi connectivity index (χ4v) is 2.56. The van der Waals surface area contributed by atoms with E-state index in [2.05, 4.69) is 22.1 Å². The number of nitrogens with one attached hydrogen (secondary N) is 1. The van der Waals surface area contributed by atoms with Gasteiger partial charge in [-0.2, -0.15) is 0 Å². The molecule has 0 saturated carbocycles. The Hall–Kier alpha value is -1.88. The summed E-state index contributed by atoms with van der Waals surface area (Å²) in [4.78, 5) is 18.7. The Kier molecular flexibility index (Phi) is 2.98. The Labute approximate surface area is 111 Å². The first-order valence-electron chi connectivity index (χ1n) is 6.62. The number of piperazine rings is 1. The minimum Gasteiger partial charge on any atom is -0.368 e. The van der Waals surface area contributed by atoms with E-state index in [9.17, 15) is 4.79 Å². The number of aryl methyl sites for hydroxylation is 1. The summed E-state index contributed by atoms with van der Waals surface area (Å²) in [7, 11) is 0. The van der Waals surface area contributed by atoms with E-state index in [-0.39, 0.29) is 5.56 Å². The van der Waals surface area contributed by atoms with Gasteiger partial charge in [0.1, 0.15) is 5.65 Å². The van der Waals surface area contributed by atoms with Gasteiger partial charge >= 0.3 is 0 Å². The molecule has 1 N–H and O–H groups in total. The molecule has 1 aliphatic heterocycles. The van der Waals surface area contributed by atoms with Crippen LogP contribution in [-0.4, -0.2) is 35.1 Å². The highest BCUT2D eigenvalue weighted by Crippen LogP contribution is 2.16. The van der Waals surface area contributed by atoms with Crippen LogP contribution in [0.1, 0.15) is 12.6 Å². The molecule has 1 aliphatic rings. The molecule has 2 aromatic heterocycles. The SMILES string of the molecule is Cc1cc(=O)n2cc(N3CCN[C@@H](C)C3)ccc2n1. The zero-order valence-corrected chi connectivity index (χ0v) is 11.3. The lowest BCUT2D eigenvalue weighted by Crippen LogP contribution is -2.49. The van der Waals surface area contributed by atoms with E-state index in [1.54, 1.807) is 10.5 Å². The molecule has 0 radical (unpaired) electrons. The third kappa shape index (κ3) is 2.33. The van der Waals surface area contributed by atoms with Gasteiger partial charge in [-0.15, -0.1) is 0 Å². The van der Waals surface area contributed by atoms with Crippen LogP contribution >= 0.6 is 0 Å². The van der Waals surface area contributed by atoms with Crippen LogP contribution in [0, 0.1) is 6.92 Å². The summed E-state index contributed by atoms with van der Waals surface area (Å²) in [5.74, 6) is 0. The normalized spacial score (nSPS) is 19.9. The van der Waals surface area contributed by atoms with Gasteiger partial charge in [0.25, 0.3) is 5.56 Å². The van der Waals surface area contributed by atoms with Gasteiger partial charge in [-0.3, -0.25) is 9.20 Å². The summed E-state index contributed by atoms with van der Waals surface area (Å²) in [5.41, 5.74) is 2.52. The van der Waals surface area contributed by atoms with Crippen LogP contribution in [-0.2, 0) is 0 Å². The number of hydrogen-bond donors (Lipinski definition) is 1. The summed E-state index contributed by atoms with van der Waals surface area (Å²) in [6, 6.07) is 5.99. The molecule has 3 heterocycles. The van der Waals surface area contributed by atoms with E-state index in [4.69, 9.17) is 0 Å². The molecule has 2 aromatic rings. The number of anilines is 1. The van der Waals surface area contributed by atoms with E-state index in [0.717, 1.165) is 31.0 Å². The Bertz CT molecular complexity index is 664. The monoisotopic (exact) mass is 258 g/mol. The maximum atomic E-state index is 12.0. The highest BCUT2D eigenvalue weighted by molar-refractivity contribution is 5.52. The van der Waals surface area contributed by atoms with Crippen LogP contribution in [0.3, 0.4) is 0 Å². The van der Waals surface area contributed by atoms with Crippen LogP contribution < -0.4 is 15.8 Å². The molecule has 0 aromatic carbocycles. The number of pyridine rings is 1. The van der Waals surface area contributed by atoms with E-state index < -0.39 is 0 Å². The Balaban J connectivity index is 2.04. The highest BCUT2D eigenvalue weighted by Gasteiger charge is 2.16. The lowest BCUT2D eigenvalue weighted by atomic mass is 10.2. The lowest BCUT2D eigenvalue weighted by Gasteiger charge is -2.33. The van der Waals surface area contributed by atoms with Gasteiger partial charge in [-0.25, -0.2) is 4.98 Å². The first-order valence-corrected chi connectivity index (χ1v) is 6.62. The fourth-order valence-electron chi connectivity index (χ4n) is 2.56. The van der Waals surface area contributed by atoms with E-state index >= 15 is 0 Å². The molecule has 1 fully saturated rings. The van der Waals surface area contributed by atoms with Crippen LogP contribution in [0.2, 0.25) is 0 Å². The highest BCUT2D eigenvalue weighted by atomic mass is 16.1. The van der Waals surface area contributed by atoms with Crippen molar-refractivity contribution in [1.82, 2.24) is 14.7 Å². The smallest absolute Gasteiger partial charge is 0.258 e. The standard InChI is InChI=1S/C14H18N4O/c1-10-7-14(19)18-9-12(3-4-13(18)16-10)17-6-5-15-11(2)8-17/h3-4,7,9,11,15H,5-6,8H2,1-2H3/t11-/m0/s1. The lowest BCUT2D eigenvalue weighted by molar-refractivity contribution is 0.484. The number of hydrogen-bond acceptors (Lipinski definition) is 4. The van der Waals surface area contributed by atoms with E-state index in [1.165, 1.54) is 0 Å². The maximum Gasteiger partial charge on any atom is 0.258 e. The largest absolute Gasteiger partial charge is 0.368 e. The van der Waals surface area contributed by atoms with Gasteiger partial charge in [0.15, 0.2) is 0 Å². The predicted molar refractivity (Wildman–Crippen MR) is 75.9 cm³/mol. The number of nitrogens with zero attached hydrogens (tertiary/aromatic N) is 3. The Morgan fingerprint density at radius 3 is 3.05 bits per heavy atom. The molecule has 5 nitrogen and oxygen atoms in total. The zero-order chi connectivity index (χ0) is 13.4. The van der Waals surface area contributed by atoms with Crippen molar-refractivity contribution in [2.75, 3.05) is 24.5 Å². The van der Waals surface area contributed by atoms with Crippen molar-refractivity contribution in [2.24, 2.45) is 0 Å². The molecule has 0 spiro atoms. The number of aromatic nitrogens is 2. The average molecular weight is 258 g/mol. The van der Waals surface area contributed by atoms with Gasteiger partial charge in [0.2, 0.25) is 0 Å².